The number of hydrogen-bond acceptors (Lipinski definition) is 2. The number of aliphatic hydroxyl groups is 1. The van der Waals surface area contributed by atoms with Crippen LogP contribution < -0.4 is 0 Å². The third-order valence-corrected chi connectivity index (χ3v) is 2.53. The Morgan fingerprint density at radius 3 is 2.63 bits per heavy atom. The van der Waals surface area contributed by atoms with Gasteiger partial charge in [0.1, 0.15) is 12.4 Å². The maximum atomic E-state index is 13.4. The first-order chi connectivity index (χ1) is 8.90. The van der Waals surface area contributed by atoms with Gasteiger partial charge in [-0.15, -0.1) is 0 Å². The van der Waals surface area contributed by atoms with Crippen molar-refractivity contribution in [1.29, 1.82) is 0 Å². The number of halogens is 1. The molecule has 0 atom stereocenters. The number of benzene rings is 1. The monoisotopic (exact) mass is 264 g/mol. The molecule has 0 unspecified atom stereocenters. The minimum absolute atomic E-state index is 0.228. The van der Waals surface area contributed by atoms with Gasteiger partial charge in [-0.1, -0.05) is 32.6 Å². The molecule has 1 aromatic carbocycles. The third kappa shape index (κ3) is 6.95. The Balaban J connectivity index is 2.56. The van der Waals surface area contributed by atoms with Crippen molar-refractivity contribution in [2.24, 2.45) is 5.41 Å². The van der Waals surface area contributed by atoms with Gasteiger partial charge in [-0.25, -0.2) is 4.39 Å². The van der Waals surface area contributed by atoms with E-state index in [1.54, 1.807) is 6.07 Å². The Kier molecular flexibility index (Phi) is 6.01. The van der Waals surface area contributed by atoms with Crippen LogP contribution in [-0.2, 0) is 11.3 Å². The highest BCUT2D eigenvalue weighted by Gasteiger charge is 2.09. The first kappa shape index (κ1) is 15.7. The summed E-state index contributed by atoms with van der Waals surface area (Å²) in [5.74, 6) is 4.86. The van der Waals surface area contributed by atoms with Crippen LogP contribution in [0.25, 0.3) is 0 Å². The number of rotatable bonds is 4. The van der Waals surface area contributed by atoms with Crippen LogP contribution in [0, 0.1) is 23.1 Å². The summed E-state index contributed by atoms with van der Waals surface area (Å²) in [6.07, 6.45) is 0.958. The summed E-state index contributed by atoms with van der Waals surface area (Å²) >= 11 is 0. The summed E-state index contributed by atoms with van der Waals surface area (Å²) in [5.41, 5.74) is 1.55. The fourth-order valence-corrected chi connectivity index (χ4v) is 1.52. The van der Waals surface area contributed by atoms with Crippen LogP contribution in [-0.4, -0.2) is 18.3 Å². The molecule has 0 aliphatic rings. The molecule has 0 aliphatic carbocycles. The fraction of sp³-hybridized carbons (Fsp3) is 0.500. The van der Waals surface area contributed by atoms with Crippen LogP contribution in [0.3, 0.4) is 0 Å². The van der Waals surface area contributed by atoms with Crippen molar-refractivity contribution in [2.75, 3.05) is 13.2 Å². The van der Waals surface area contributed by atoms with Crippen LogP contribution in [0.4, 0.5) is 4.39 Å². The zero-order valence-corrected chi connectivity index (χ0v) is 11.8. The maximum Gasteiger partial charge on any atom is 0.124 e. The highest BCUT2D eigenvalue weighted by atomic mass is 19.1. The van der Waals surface area contributed by atoms with E-state index in [9.17, 15) is 4.39 Å². The van der Waals surface area contributed by atoms with E-state index in [1.165, 1.54) is 12.1 Å². The SMILES string of the molecule is CC(C)(C)CCOCc1cc(F)cc(C#CCO)c1. The summed E-state index contributed by atoms with van der Waals surface area (Å²) in [6.45, 7) is 7.26. The smallest absolute Gasteiger partial charge is 0.124 e. The van der Waals surface area contributed by atoms with Gasteiger partial charge in [-0.2, -0.15) is 0 Å². The number of aliphatic hydroxyl groups excluding tert-OH is 1. The van der Waals surface area contributed by atoms with Crippen molar-refractivity contribution in [3.8, 4) is 11.8 Å². The molecule has 3 heteroatoms. The minimum Gasteiger partial charge on any atom is -0.384 e. The summed E-state index contributed by atoms with van der Waals surface area (Å²) in [5, 5.41) is 8.62. The Labute approximate surface area is 114 Å². The van der Waals surface area contributed by atoms with E-state index in [2.05, 4.69) is 32.6 Å². The van der Waals surface area contributed by atoms with E-state index in [0.29, 0.717) is 18.8 Å². The fourth-order valence-electron chi connectivity index (χ4n) is 1.52. The molecule has 0 saturated heterocycles. The van der Waals surface area contributed by atoms with Crippen LogP contribution in [0.1, 0.15) is 38.3 Å². The van der Waals surface area contributed by atoms with Gasteiger partial charge in [0.05, 0.1) is 6.61 Å². The van der Waals surface area contributed by atoms with Crippen molar-refractivity contribution < 1.29 is 14.2 Å². The molecule has 0 heterocycles. The largest absolute Gasteiger partial charge is 0.384 e. The first-order valence-corrected chi connectivity index (χ1v) is 6.38. The summed E-state index contributed by atoms with van der Waals surface area (Å²) in [6, 6.07) is 4.57. The zero-order valence-electron chi connectivity index (χ0n) is 11.8. The molecule has 1 rings (SSSR count). The average molecular weight is 264 g/mol. The average Bonchev–Trinajstić information content (AvgIpc) is 2.30. The second kappa shape index (κ2) is 7.28. The highest BCUT2D eigenvalue weighted by Crippen LogP contribution is 2.18. The zero-order chi connectivity index (χ0) is 14.3. The molecule has 0 aliphatic heterocycles. The lowest BCUT2D eigenvalue weighted by Gasteiger charge is -2.17. The molecule has 2 nitrogen and oxygen atoms in total. The molecule has 0 radical (unpaired) electrons. The maximum absolute atomic E-state index is 13.4. The van der Waals surface area contributed by atoms with Crippen LogP contribution in [0.2, 0.25) is 0 Å². The molecule has 0 bridgehead atoms. The van der Waals surface area contributed by atoms with Gasteiger partial charge in [0.2, 0.25) is 0 Å². The summed E-state index contributed by atoms with van der Waals surface area (Å²) < 4.78 is 18.9. The third-order valence-electron chi connectivity index (χ3n) is 2.53. The molecule has 0 fully saturated rings. The second-order valence-corrected chi connectivity index (χ2v) is 5.67. The molecule has 0 amide bonds. The molecule has 1 N–H and O–H groups in total. The molecule has 19 heavy (non-hydrogen) atoms. The van der Waals surface area contributed by atoms with Gasteiger partial charge in [0, 0.05) is 12.2 Å². The molecule has 0 spiro atoms. The van der Waals surface area contributed by atoms with Crippen molar-refractivity contribution in [1.82, 2.24) is 0 Å². The lowest BCUT2D eigenvalue weighted by atomic mass is 9.93. The Morgan fingerprint density at radius 2 is 2.00 bits per heavy atom. The predicted molar refractivity (Wildman–Crippen MR) is 74.1 cm³/mol. The van der Waals surface area contributed by atoms with Gasteiger partial charge in [0.25, 0.3) is 0 Å². The van der Waals surface area contributed by atoms with Crippen molar-refractivity contribution >= 4 is 0 Å². The number of hydrogen-bond donors (Lipinski definition) is 1. The second-order valence-electron chi connectivity index (χ2n) is 5.67. The molecule has 0 aromatic heterocycles. The van der Waals surface area contributed by atoms with E-state index in [-0.39, 0.29) is 17.8 Å². The van der Waals surface area contributed by atoms with Crippen LogP contribution in [0.5, 0.6) is 0 Å². The van der Waals surface area contributed by atoms with Crippen molar-refractivity contribution in [3.63, 3.8) is 0 Å². The van der Waals surface area contributed by atoms with E-state index < -0.39 is 0 Å². The first-order valence-electron chi connectivity index (χ1n) is 6.38. The Morgan fingerprint density at radius 1 is 1.26 bits per heavy atom. The van der Waals surface area contributed by atoms with Crippen LogP contribution >= 0.6 is 0 Å². The quantitative estimate of drug-likeness (QED) is 0.669. The Bertz CT molecular complexity index is 464. The van der Waals surface area contributed by atoms with E-state index in [4.69, 9.17) is 9.84 Å². The van der Waals surface area contributed by atoms with E-state index >= 15 is 0 Å². The van der Waals surface area contributed by atoms with Gasteiger partial charge in [0.15, 0.2) is 0 Å². The van der Waals surface area contributed by atoms with E-state index in [0.717, 1.165) is 12.0 Å². The molecular weight excluding hydrogens is 243 g/mol. The molecule has 1 aromatic rings. The molecular formula is C16H21FO2. The minimum atomic E-state index is -0.334. The molecule has 104 valence electrons. The van der Waals surface area contributed by atoms with Gasteiger partial charge in [-0.3, -0.25) is 0 Å². The van der Waals surface area contributed by atoms with Crippen LogP contribution in [0.15, 0.2) is 18.2 Å². The van der Waals surface area contributed by atoms with Gasteiger partial charge >= 0.3 is 0 Å². The van der Waals surface area contributed by atoms with Gasteiger partial charge < -0.3 is 9.84 Å². The number of ether oxygens (including phenoxy) is 1. The standard InChI is InChI=1S/C16H21FO2/c1-16(2,3)6-8-19-12-14-9-13(5-4-7-18)10-15(17)11-14/h9-11,18H,6-8,12H2,1-3H3. The van der Waals surface area contributed by atoms with Crippen molar-refractivity contribution in [3.05, 3.63) is 35.1 Å². The highest BCUT2D eigenvalue weighted by molar-refractivity contribution is 5.37. The lowest BCUT2D eigenvalue weighted by Crippen LogP contribution is -2.09. The summed E-state index contributed by atoms with van der Waals surface area (Å²) in [7, 11) is 0. The molecule has 0 saturated carbocycles. The van der Waals surface area contributed by atoms with Gasteiger partial charge in [-0.05, 0) is 35.6 Å². The van der Waals surface area contributed by atoms with Crippen molar-refractivity contribution in [2.45, 2.75) is 33.8 Å². The lowest BCUT2D eigenvalue weighted by molar-refractivity contribution is 0.0960. The van der Waals surface area contributed by atoms with E-state index in [1.807, 2.05) is 0 Å². The predicted octanol–water partition coefficient (Wildman–Crippen LogP) is 3.12. The Hall–Kier alpha value is -1.37. The summed E-state index contributed by atoms with van der Waals surface area (Å²) in [4.78, 5) is 0. The normalized spacial score (nSPS) is 11.0. The topological polar surface area (TPSA) is 29.5 Å².